The first kappa shape index (κ1) is 10.4. The lowest BCUT2D eigenvalue weighted by Crippen LogP contribution is -2.38. The van der Waals surface area contributed by atoms with E-state index < -0.39 is 30.3 Å². The fraction of sp³-hybridized carbons (Fsp3) is 0.500. The molecule has 0 heterocycles. The van der Waals surface area contributed by atoms with Gasteiger partial charge >= 0.3 is 11.9 Å². The minimum absolute atomic E-state index is 0.552. The zero-order chi connectivity index (χ0) is 9.72. The highest BCUT2D eigenvalue weighted by molar-refractivity contribution is 5.76. The summed E-state index contributed by atoms with van der Waals surface area (Å²) < 4.78 is 0. The summed E-state index contributed by atoms with van der Waals surface area (Å²) in [6, 6.07) is 0.0890. The lowest BCUT2D eigenvalue weighted by Gasteiger charge is -2.09. The van der Waals surface area contributed by atoms with Crippen molar-refractivity contribution in [2.45, 2.75) is 12.5 Å². The van der Waals surface area contributed by atoms with Crippen molar-refractivity contribution in [1.82, 2.24) is 0 Å². The van der Waals surface area contributed by atoms with Gasteiger partial charge in [-0.05, 0) is 0 Å². The monoisotopic (exact) mass is 172 g/mol. The van der Waals surface area contributed by atoms with Crippen LogP contribution in [0.3, 0.4) is 0 Å². The average Bonchev–Trinajstić information content (AvgIpc) is 1.98. The van der Waals surface area contributed by atoms with Gasteiger partial charge in [0, 0.05) is 0 Å². The Bertz CT molecular complexity index is 232. The molecule has 0 unspecified atom stereocenters. The number of hydrogen-bond donors (Lipinski definition) is 3. The second-order valence-electron chi connectivity index (χ2n) is 2.20. The molecular weight excluding hydrogens is 164 g/mol. The van der Waals surface area contributed by atoms with Crippen molar-refractivity contribution < 1.29 is 19.8 Å². The minimum atomic E-state index is -1.44. The predicted molar refractivity (Wildman–Crippen MR) is 37.0 cm³/mol. The summed E-state index contributed by atoms with van der Waals surface area (Å²) in [5, 5.41) is 24.9. The van der Waals surface area contributed by atoms with Crippen LogP contribution in [-0.2, 0) is 9.59 Å². The molecule has 0 aromatic carbocycles. The Kier molecular flexibility index (Phi) is 3.73. The summed E-state index contributed by atoms with van der Waals surface area (Å²) in [5.41, 5.74) is 5.03. The molecule has 0 aliphatic carbocycles. The van der Waals surface area contributed by atoms with Crippen molar-refractivity contribution in [2.24, 2.45) is 11.7 Å². The molecular formula is C6H8N2O4. The smallest absolute Gasteiger partial charge is 0.321 e. The third kappa shape index (κ3) is 2.98. The number of aliphatic carboxylic acids is 2. The SMILES string of the molecule is N#C[C@@H](CC(=O)O)[C@H](N)C(=O)O. The Labute approximate surface area is 68.2 Å². The van der Waals surface area contributed by atoms with Crippen LogP contribution in [0.25, 0.3) is 0 Å². The molecule has 0 aliphatic heterocycles. The lowest BCUT2D eigenvalue weighted by atomic mass is 9.99. The van der Waals surface area contributed by atoms with Crippen LogP contribution < -0.4 is 5.73 Å². The molecule has 0 radical (unpaired) electrons. The standard InChI is InChI=1S/C6H8N2O4/c7-2-3(1-4(9)10)5(8)6(11)12/h3,5H,1,8H2,(H,9,10)(H,11,12)/t3-,5+/m1/s1. The van der Waals surface area contributed by atoms with Gasteiger partial charge in [0.1, 0.15) is 6.04 Å². The molecule has 6 nitrogen and oxygen atoms in total. The predicted octanol–water partition coefficient (Wildman–Crippen LogP) is -0.987. The van der Waals surface area contributed by atoms with Gasteiger partial charge in [0.25, 0.3) is 0 Å². The van der Waals surface area contributed by atoms with Gasteiger partial charge in [-0.3, -0.25) is 9.59 Å². The van der Waals surface area contributed by atoms with Crippen LogP contribution >= 0.6 is 0 Å². The van der Waals surface area contributed by atoms with Crippen molar-refractivity contribution in [1.29, 1.82) is 5.26 Å². The van der Waals surface area contributed by atoms with Gasteiger partial charge in [-0.15, -0.1) is 0 Å². The first-order valence-corrected chi connectivity index (χ1v) is 3.08. The van der Waals surface area contributed by atoms with Gasteiger partial charge in [0.2, 0.25) is 0 Å². The number of carboxylic acids is 2. The summed E-state index contributed by atoms with van der Waals surface area (Å²) in [6.45, 7) is 0. The zero-order valence-electron chi connectivity index (χ0n) is 6.10. The number of nitrogens with two attached hydrogens (primary N) is 1. The molecule has 6 heteroatoms. The number of carboxylic acid groups (broad SMARTS) is 2. The van der Waals surface area contributed by atoms with Crippen molar-refractivity contribution >= 4 is 11.9 Å². The van der Waals surface area contributed by atoms with Gasteiger partial charge in [-0.2, -0.15) is 5.26 Å². The molecule has 0 saturated carbocycles. The summed E-state index contributed by atoms with van der Waals surface area (Å²) in [5.74, 6) is -3.79. The Morgan fingerprint density at radius 3 is 2.25 bits per heavy atom. The Hall–Kier alpha value is -1.61. The van der Waals surface area contributed by atoms with Crippen molar-refractivity contribution in [2.75, 3.05) is 0 Å². The van der Waals surface area contributed by atoms with Crippen molar-refractivity contribution in [3.8, 4) is 6.07 Å². The summed E-state index contributed by atoms with van der Waals surface area (Å²) in [4.78, 5) is 20.3. The topological polar surface area (TPSA) is 124 Å². The lowest BCUT2D eigenvalue weighted by molar-refractivity contribution is -0.141. The number of carbonyl (C=O) groups is 2. The van der Waals surface area contributed by atoms with Crippen LogP contribution in [0.1, 0.15) is 6.42 Å². The van der Waals surface area contributed by atoms with Crippen LogP contribution in [0.5, 0.6) is 0 Å². The highest BCUT2D eigenvalue weighted by Gasteiger charge is 2.26. The van der Waals surface area contributed by atoms with E-state index in [-0.39, 0.29) is 0 Å². The van der Waals surface area contributed by atoms with Gasteiger partial charge in [0.05, 0.1) is 18.4 Å². The van der Waals surface area contributed by atoms with Crippen LogP contribution in [0.2, 0.25) is 0 Å². The first-order valence-electron chi connectivity index (χ1n) is 3.08. The van der Waals surface area contributed by atoms with Crippen LogP contribution in [-0.4, -0.2) is 28.2 Å². The molecule has 0 rings (SSSR count). The maximum Gasteiger partial charge on any atom is 0.321 e. The van der Waals surface area contributed by atoms with Gasteiger partial charge < -0.3 is 15.9 Å². The van der Waals surface area contributed by atoms with E-state index in [1.807, 2.05) is 0 Å². The molecule has 66 valence electrons. The van der Waals surface area contributed by atoms with Crippen LogP contribution in [0, 0.1) is 17.2 Å². The Morgan fingerprint density at radius 1 is 1.50 bits per heavy atom. The number of rotatable bonds is 4. The van der Waals surface area contributed by atoms with E-state index in [0.29, 0.717) is 0 Å². The Morgan fingerprint density at radius 2 is 2.00 bits per heavy atom. The molecule has 0 aliphatic rings. The minimum Gasteiger partial charge on any atom is -0.481 e. The highest BCUT2D eigenvalue weighted by Crippen LogP contribution is 2.05. The third-order valence-electron chi connectivity index (χ3n) is 1.28. The Balaban J connectivity index is 4.27. The molecule has 0 aromatic heterocycles. The molecule has 0 aromatic rings. The fourth-order valence-corrected chi connectivity index (χ4v) is 0.613. The maximum atomic E-state index is 10.2. The maximum absolute atomic E-state index is 10.2. The second-order valence-corrected chi connectivity index (χ2v) is 2.20. The molecule has 0 spiro atoms. The summed E-state index contributed by atoms with van der Waals surface area (Å²) in [7, 11) is 0. The molecule has 0 bridgehead atoms. The van der Waals surface area contributed by atoms with Gasteiger partial charge in [0.15, 0.2) is 0 Å². The molecule has 2 atom stereocenters. The first-order chi connectivity index (χ1) is 5.49. The fourth-order valence-electron chi connectivity index (χ4n) is 0.613. The quantitative estimate of drug-likeness (QED) is 0.500. The van der Waals surface area contributed by atoms with Gasteiger partial charge in [-0.1, -0.05) is 0 Å². The molecule has 0 saturated heterocycles. The van der Waals surface area contributed by atoms with E-state index in [4.69, 9.17) is 21.2 Å². The molecule has 0 fully saturated rings. The van der Waals surface area contributed by atoms with Crippen LogP contribution in [0.15, 0.2) is 0 Å². The van der Waals surface area contributed by atoms with Gasteiger partial charge in [-0.25, -0.2) is 0 Å². The average molecular weight is 172 g/mol. The zero-order valence-corrected chi connectivity index (χ0v) is 6.10. The largest absolute Gasteiger partial charge is 0.481 e. The van der Waals surface area contributed by atoms with E-state index in [1.165, 1.54) is 6.07 Å². The van der Waals surface area contributed by atoms with E-state index in [9.17, 15) is 9.59 Å². The number of nitriles is 1. The van der Waals surface area contributed by atoms with Crippen molar-refractivity contribution in [3.63, 3.8) is 0 Å². The highest BCUT2D eigenvalue weighted by atomic mass is 16.4. The number of hydrogen-bond acceptors (Lipinski definition) is 4. The normalized spacial score (nSPS) is 14.3. The molecule has 0 amide bonds. The van der Waals surface area contributed by atoms with E-state index >= 15 is 0 Å². The molecule has 4 N–H and O–H groups in total. The molecule has 12 heavy (non-hydrogen) atoms. The van der Waals surface area contributed by atoms with Crippen LogP contribution in [0.4, 0.5) is 0 Å². The summed E-state index contributed by atoms with van der Waals surface area (Å²) in [6.07, 6.45) is -0.552. The van der Waals surface area contributed by atoms with E-state index in [2.05, 4.69) is 0 Å². The van der Waals surface area contributed by atoms with E-state index in [1.54, 1.807) is 0 Å². The second kappa shape index (κ2) is 4.31. The summed E-state index contributed by atoms with van der Waals surface area (Å²) >= 11 is 0. The van der Waals surface area contributed by atoms with E-state index in [0.717, 1.165) is 0 Å². The van der Waals surface area contributed by atoms with Crippen molar-refractivity contribution in [3.05, 3.63) is 0 Å². The third-order valence-corrected chi connectivity index (χ3v) is 1.28. The number of nitrogens with zero attached hydrogens (tertiary/aromatic N) is 1.